The highest BCUT2D eigenvalue weighted by atomic mass is 19.1. The molecule has 0 spiro atoms. The zero-order chi connectivity index (χ0) is 20.2. The van der Waals surface area contributed by atoms with Gasteiger partial charge in [-0.05, 0) is 56.5 Å². The van der Waals surface area contributed by atoms with Gasteiger partial charge < -0.3 is 9.26 Å². The Kier molecular flexibility index (Phi) is 5.90. The number of aromatic nitrogens is 2. The highest BCUT2D eigenvalue weighted by Gasteiger charge is 2.22. The van der Waals surface area contributed by atoms with Crippen molar-refractivity contribution in [3.8, 4) is 17.1 Å². The van der Waals surface area contributed by atoms with Crippen molar-refractivity contribution < 1.29 is 13.7 Å². The Balaban J connectivity index is 1.29. The number of hydrogen-bond acceptors (Lipinski definition) is 5. The van der Waals surface area contributed by atoms with E-state index in [4.69, 9.17) is 9.26 Å². The van der Waals surface area contributed by atoms with Gasteiger partial charge in [0.15, 0.2) is 11.6 Å². The largest absolute Gasteiger partial charge is 0.494 e. The van der Waals surface area contributed by atoms with Crippen LogP contribution < -0.4 is 4.74 Å². The molecule has 0 bridgehead atoms. The molecule has 2 heterocycles. The minimum Gasteiger partial charge on any atom is -0.494 e. The lowest BCUT2D eigenvalue weighted by Crippen LogP contribution is -2.33. The number of methoxy groups -OCH3 is 1. The number of hydrogen-bond donors (Lipinski definition) is 0. The molecule has 1 aliphatic rings. The molecule has 6 heteroatoms. The third-order valence-corrected chi connectivity index (χ3v) is 5.57. The summed E-state index contributed by atoms with van der Waals surface area (Å²) in [5.41, 5.74) is 3.16. The molecule has 0 unspecified atom stereocenters. The molecule has 0 atom stereocenters. The van der Waals surface area contributed by atoms with E-state index in [2.05, 4.69) is 34.1 Å². The summed E-state index contributed by atoms with van der Waals surface area (Å²) in [4.78, 5) is 6.94. The van der Waals surface area contributed by atoms with E-state index in [0.717, 1.165) is 50.0 Å². The van der Waals surface area contributed by atoms with Gasteiger partial charge in [0.2, 0.25) is 11.7 Å². The van der Waals surface area contributed by atoms with Crippen LogP contribution in [0.5, 0.6) is 5.75 Å². The first-order valence-electron chi connectivity index (χ1n) is 10.0. The first-order chi connectivity index (χ1) is 14.1. The molecule has 2 aromatic carbocycles. The summed E-state index contributed by atoms with van der Waals surface area (Å²) in [6, 6.07) is 13.3. The van der Waals surface area contributed by atoms with Gasteiger partial charge in [0.05, 0.1) is 7.11 Å². The summed E-state index contributed by atoms with van der Waals surface area (Å²) in [6.07, 6.45) is 2.95. The van der Waals surface area contributed by atoms with Gasteiger partial charge in [-0.25, -0.2) is 4.39 Å². The van der Waals surface area contributed by atoms with Crippen molar-refractivity contribution in [2.45, 2.75) is 32.7 Å². The summed E-state index contributed by atoms with van der Waals surface area (Å²) >= 11 is 0. The second-order valence-electron chi connectivity index (χ2n) is 7.77. The molecule has 4 rings (SSSR count). The summed E-state index contributed by atoms with van der Waals surface area (Å²) < 4.78 is 24.4. The molecule has 0 N–H and O–H groups in total. The van der Waals surface area contributed by atoms with Crippen molar-refractivity contribution in [2.24, 2.45) is 5.92 Å². The Bertz CT molecular complexity index is 947. The maximum absolute atomic E-state index is 13.9. The van der Waals surface area contributed by atoms with Gasteiger partial charge in [0.25, 0.3) is 0 Å². The van der Waals surface area contributed by atoms with E-state index in [-0.39, 0.29) is 11.6 Å². The standard InChI is InChI=1S/C23H26FN3O2/c1-16-3-6-19(7-4-16)23-25-22(29-26-23)14-17-9-11-27(12-10-17)15-18-5-8-21(28-2)20(24)13-18/h3-8,13,17H,9-12,14-15H2,1-2H3. The number of likely N-dealkylation sites (tertiary alicyclic amines) is 1. The van der Waals surface area contributed by atoms with E-state index in [1.54, 1.807) is 12.1 Å². The van der Waals surface area contributed by atoms with Crippen LogP contribution in [0.3, 0.4) is 0 Å². The summed E-state index contributed by atoms with van der Waals surface area (Å²) in [5, 5.41) is 4.13. The Hall–Kier alpha value is -2.73. The summed E-state index contributed by atoms with van der Waals surface area (Å²) in [7, 11) is 1.48. The molecule has 5 nitrogen and oxygen atoms in total. The van der Waals surface area contributed by atoms with Gasteiger partial charge in [0, 0.05) is 18.5 Å². The second kappa shape index (κ2) is 8.74. The van der Waals surface area contributed by atoms with Crippen LogP contribution in [0.25, 0.3) is 11.4 Å². The Morgan fingerprint density at radius 1 is 1.14 bits per heavy atom. The molecule has 1 aromatic heterocycles. The monoisotopic (exact) mass is 395 g/mol. The fourth-order valence-corrected chi connectivity index (χ4v) is 3.82. The highest BCUT2D eigenvalue weighted by Crippen LogP contribution is 2.25. The number of aryl methyl sites for hydroxylation is 1. The van der Waals surface area contributed by atoms with Crippen molar-refractivity contribution in [1.82, 2.24) is 15.0 Å². The van der Waals surface area contributed by atoms with Gasteiger partial charge >= 0.3 is 0 Å². The van der Waals surface area contributed by atoms with Crippen molar-refractivity contribution >= 4 is 0 Å². The van der Waals surface area contributed by atoms with E-state index in [9.17, 15) is 4.39 Å². The van der Waals surface area contributed by atoms with E-state index in [0.29, 0.717) is 17.6 Å². The first-order valence-corrected chi connectivity index (χ1v) is 10.0. The van der Waals surface area contributed by atoms with Crippen molar-refractivity contribution in [2.75, 3.05) is 20.2 Å². The predicted octanol–water partition coefficient (Wildman–Crippen LogP) is 4.65. The maximum atomic E-state index is 13.9. The molecule has 1 saturated heterocycles. The molecule has 3 aromatic rings. The average Bonchev–Trinajstić information content (AvgIpc) is 3.19. The van der Waals surface area contributed by atoms with Crippen LogP contribution in [-0.4, -0.2) is 35.2 Å². The number of halogens is 1. The molecular formula is C23H26FN3O2. The number of nitrogens with zero attached hydrogens (tertiary/aromatic N) is 3. The molecule has 29 heavy (non-hydrogen) atoms. The van der Waals surface area contributed by atoms with Gasteiger partial charge in [-0.3, -0.25) is 4.90 Å². The van der Waals surface area contributed by atoms with Crippen molar-refractivity contribution in [3.63, 3.8) is 0 Å². The highest BCUT2D eigenvalue weighted by molar-refractivity contribution is 5.54. The van der Waals surface area contributed by atoms with Crippen LogP contribution >= 0.6 is 0 Å². The van der Waals surface area contributed by atoms with Crippen LogP contribution in [0.2, 0.25) is 0 Å². The lowest BCUT2D eigenvalue weighted by molar-refractivity contribution is 0.170. The fourth-order valence-electron chi connectivity index (χ4n) is 3.82. The minimum absolute atomic E-state index is 0.289. The minimum atomic E-state index is -0.305. The average molecular weight is 395 g/mol. The Morgan fingerprint density at radius 3 is 2.59 bits per heavy atom. The smallest absolute Gasteiger partial charge is 0.227 e. The van der Waals surface area contributed by atoms with E-state index in [1.807, 2.05) is 18.2 Å². The normalized spacial score (nSPS) is 15.6. The van der Waals surface area contributed by atoms with Crippen LogP contribution in [-0.2, 0) is 13.0 Å². The zero-order valence-electron chi connectivity index (χ0n) is 16.9. The Labute approximate surface area is 170 Å². The maximum Gasteiger partial charge on any atom is 0.227 e. The van der Waals surface area contributed by atoms with E-state index in [1.165, 1.54) is 12.7 Å². The van der Waals surface area contributed by atoms with E-state index < -0.39 is 0 Å². The molecule has 0 saturated carbocycles. The number of benzene rings is 2. The van der Waals surface area contributed by atoms with Crippen molar-refractivity contribution in [3.05, 3.63) is 65.3 Å². The predicted molar refractivity (Wildman–Crippen MR) is 109 cm³/mol. The number of rotatable bonds is 6. The summed E-state index contributed by atoms with van der Waals surface area (Å²) in [6.45, 7) is 4.78. The fraction of sp³-hybridized carbons (Fsp3) is 0.391. The second-order valence-corrected chi connectivity index (χ2v) is 7.77. The quantitative estimate of drug-likeness (QED) is 0.608. The molecular weight excluding hydrogens is 369 g/mol. The van der Waals surface area contributed by atoms with Crippen LogP contribution in [0, 0.1) is 18.7 Å². The molecule has 0 amide bonds. The van der Waals surface area contributed by atoms with Crippen LogP contribution in [0.1, 0.15) is 29.9 Å². The molecule has 0 radical (unpaired) electrons. The van der Waals surface area contributed by atoms with Gasteiger partial charge in [-0.1, -0.05) is 41.1 Å². The number of ether oxygens (including phenoxy) is 1. The lowest BCUT2D eigenvalue weighted by Gasteiger charge is -2.31. The molecule has 1 fully saturated rings. The summed E-state index contributed by atoms with van der Waals surface area (Å²) in [5.74, 6) is 1.87. The Morgan fingerprint density at radius 2 is 1.90 bits per heavy atom. The van der Waals surface area contributed by atoms with Crippen LogP contribution in [0.15, 0.2) is 47.0 Å². The topological polar surface area (TPSA) is 51.4 Å². The van der Waals surface area contributed by atoms with Gasteiger partial charge in [-0.15, -0.1) is 0 Å². The molecule has 0 aliphatic carbocycles. The SMILES string of the molecule is COc1ccc(CN2CCC(Cc3nc(-c4ccc(C)cc4)no3)CC2)cc1F. The molecule has 1 aliphatic heterocycles. The van der Waals surface area contributed by atoms with Gasteiger partial charge in [-0.2, -0.15) is 4.98 Å². The lowest BCUT2D eigenvalue weighted by atomic mass is 9.93. The van der Waals surface area contributed by atoms with Crippen LogP contribution in [0.4, 0.5) is 4.39 Å². The van der Waals surface area contributed by atoms with E-state index >= 15 is 0 Å². The number of piperidine rings is 1. The van der Waals surface area contributed by atoms with Crippen molar-refractivity contribution in [1.29, 1.82) is 0 Å². The first kappa shape index (κ1) is 19.6. The zero-order valence-corrected chi connectivity index (χ0v) is 16.9. The third-order valence-electron chi connectivity index (χ3n) is 5.57. The van der Waals surface area contributed by atoms with Gasteiger partial charge in [0.1, 0.15) is 0 Å². The third kappa shape index (κ3) is 4.82. The molecule has 152 valence electrons.